The highest BCUT2D eigenvalue weighted by Crippen LogP contribution is 2.38. The van der Waals surface area contributed by atoms with E-state index in [1.807, 2.05) is 66.3 Å². The van der Waals surface area contributed by atoms with Gasteiger partial charge in [0.1, 0.15) is 17.5 Å². The Hall–Kier alpha value is -3.95. The van der Waals surface area contributed by atoms with Crippen LogP contribution in [0.2, 0.25) is 0 Å². The Bertz CT molecular complexity index is 1430. The number of benzene rings is 2. The van der Waals surface area contributed by atoms with E-state index in [1.165, 1.54) is 19.3 Å². The zero-order valence-corrected chi connectivity index (χ0v) is 24.5. The topological polar surface area (TPSA) is 99.8 Å². The molecule has 2 aromatic carbocycles. The zero-order valence-electron chi connectivity index (χ0n) is 23.7. The van der Waals surface area contributed by atoms with Gasteiger partial charge in [-0.2, -0.15) is 16.3 Å². The fourth-order valence-electron chi connectivity index (χ4n) is 5.30. The molecule has 1 aliphatic rings. The number of hydrogen-bond donors (Lipinski definition) is 1. The van der Waals surface area contributed by atoms with Crippen molar-refractivity contribution in [2.24, 2.45) is 5.73 Å². The third-order valence-corrected chi connectivity index (χ3v) is 8.32. The molecule has 9 heteroatoms. The number of nitrogens with two attached hydrogens (primary N) is 1. The number of anilines is 1. The average molecular weight is 573 g/mol. The normalized spacial score (nSPS) is 14.3. The summed E-state index contributed by atoms with van der Waals surface area (Å²) < 4.78 is 17.0. The minimum absolute atomic E-state index is 0.232. The van der Waals surface area contributed by atoms with E-state index in [0.29, 0.717) is 24.0 Å². The van der Waals surface area contributed by atoms with Crippen LogP contribution in [0.5, 0.6) is 17.4 Å². The van der Waals surface area contributed by atoms with E-state index in [4.69, 9.17) is 24.9 Å². The van der Waals surface area contributed by atoms with Crippen LogP contribution >= 0.6 is 11.3 Å². The van der Waals surface area contributed by atoms with Crippen molar-refractivity contribution < 1.29 is 19.0 Å². The molecule has 0 aliphatic heterocycles. The van der Waals surface area contributed by atoms with Crippen molar-refractivity contribution >= 4 is 23.3 Å². The minimum atomic E-state index is -0.869. The van der Waals surface area contributed by atoms with Crippen LogP contribution < -0.4 is 24.8 Å². The number of methoxy groups -OCH3 is 2. The van der Waals surface area contributed by atoms with Gasteiger partial charge in [0.25, 0.3) is 0 Å². The van der Waals surface area contributed by atoms with Crippen molar-refractivity contribution in [1.29, 1.82) is 0 Å². The molecular weight excluding hydrogens is 536 g/mol. The molecule has 41 heavy (non-hydrogen) atoms. The van der Waals surface area contributed by atoms with Gasteiger partial charge in [-0.05, 0) is 64.9 Å². The van der Waals surface area contributed by atoms with Gasteiger partial charge in [-0.25, -0.2) is 9.78 Å². The SMILES string of the molecule is COc1cccc(OC)c1-c1ccc(C[C@H](N)C(=O)Oc2nc(N(C)C3CCCCC3)ncc2-c2ccsc2)cc1. The zero-order chi connectivity index (χ0) is 28.8. The smallest absolute Gasteiger partial charge is 0.330 e. The fourth-order valence-corrected chi connectivity index (χ4v) is 5.96. The summed E-state index contributed by atoms with van der Waals surface area (Å²) >= 11 is 1.56. The molecule has 0 bridgehead atoms. The van der Waals surface area contributed by atoms with E-state index in [9.17, 15) is 4.79 Å². The van der Waals surface area contributed by atoms with E-state index < -0.39 is 12.0 Å². The van der Waals surface area contributed by atoms with Gasteiger partial charge in [0.15, 0.2) is 0 Å². The van der Waals surface area contributed by atoms with Gasteiger partial charge in [-0.1, -0.05) is 49.6 Å². The Morgan fingerprint density at radius 3 is 2.37 bits per heavy atom. The highest BCUT2D eigenvalue weighted by atomic mass is 32.1. The van der Waals surface area contributed by atoms with Crippen LogP contribution in [0.15, 0.2) is 65.5 Å². The first-order valence-corrected chi connectivity index (χ1v) is 14.8. The first kappa shape index (κ1) is 28.6. The van der Waals surface area contributed by atoms with Crippen molar-refractivity contribution in [2.75, 3.05) is 26.2 Å². The van der Waals surface area contributed by atoms with Gasteiger partial charge in [-0.3, -0.25) is 0 Å². The van der Waals surface area contributed by atoms with E-state index >= 15 is 0 Å². The molecule has 5 rings (SSSR count). The summed E-state index contributed by atoms with van der Waals surface area (Å²) in [7, 11) is 5.28. The van der Waals surface area contributed by atoms with Crippen molar-refractivity contribution in [3.8, 4) is 39.6 Å². The maximum Gasteiger partial charge on any atom is 0.330 e. The lowest BCUT2D eigenvalue weighted by atomic mass is 9.95. The third-order valence-electron chi connectivity index (χ3n) is 7.64. The van der Waals surface area contributed by atoms with Gasteiger partial charge in [-0.15, -0.1) is 0 Å². The number of thiophene rings is 1. The Morgan fingerprint density at radius 2 is 1.73 bits per heavy atom. The Balaban J connectivity index is 1.32. The monoisotopic (exact) mass is 572 g/mol. The molecular formula is C32H36N4O4S. The second-order valence-electron chi connectivity index (χ2n) is 10.3. The van der Waals surface area contributed by atoms with E-state index in [1.54, 1.807) is 31.8 Å². The summed E-state index contributed by atoms with van der Waals surface area (Å²) in [5.74, 6) is 1.68. The van der Waals surface area contributed by atoms with Crippen LogP contribution in [0.4, 0.5) is 5.95 Å². The molecule has 1 aliphatic carbocycles. The molecule has 1 fully saturated rings. The number of carbonyl (C=O) groups excluding carboxylic acids is 1. The summed E-state index contributed by atoms with van der Waals surface area (Å²) in [6, 6.07) is 15.0. The highest BCUT2D eigenvalue weighted by molar-refractivity contribution is 7.08. The standard InChI is InChI=1S/C32H36N4O4S/c1-36(24-8-5-4-6-9-24)32-34-19-25(23-16-17-41-20-23)30(35-32)40-31(37)26(33)18-21-12-14-22(15-13-21)29-27(38-2)10-7-11-28(29)39-3/h7,10-17,19-20,24,26H,4-6,8-9,18,33H2,1-3H3/t26-/m0/s1. The second-order valence-corrected chi connectivity index (χ2v) is 11.0. The summed E-state index contributed by atoms with van der Waals surface area (Å²) in [5.41, 5.74) is 10.6. The molecule has 2 aromatic heterocycles. The molecule has 2 N–H and O–H groups in total. The van der Waals surface area contributed by atoms with E-state index in [-0.39, 0.29) is 5.88 Å². The number of ether oxygens (including phenoxy) is 3. The fraction of sp³-hybridized carbons (Fsp3) is 0.344. The molecule has 8 nitrogen and oxygen atoms in total. The van der Waals surface area contributed by atoms with Gasteiger partial charge in [0.2, 0.25) is 11.8 Å². The Labute approximate surface area is 245 Å². The lowest BCUT2D eigenvalue weighted by Gasteiger charge is -2.31. The predicted octanol–water partition coefficient (Wildman–Crippen LogP) is 6.13. The molecule has 1 saturated carbocycles. The van der Waals surface area contributed by atoms with Crippen LogP contribution in [-0.2, 0) is 11.2 Å². The summed E-state index contributed by atoms with van der Waals surface area (Å²) in [6.07, 6.45) is 7.93. The van der Waals surface area contributed by atoms with Gasteiger partial charge >= 0.3 is 5.97 Å². The van der Waals surface area contributed by atoms with Crippen molar-refractivity contribution in [3.63, 3.8) is 0 Å². The summed E-state index contributed by atoms with van der Waals surface area (Å²) in [4.78, 5) is 24.7. The summed E-state index contributed by atoms with van der Waals surface area (Å²) in [6.45, 7) is 0. The van der Waals surface area contributed by atoms with Crippen LogP contribution in [0.25, 0.3) is 22.3 Å². The molecule has 0 unspecified atom stereocenters. The first-order chi connectivity index (χ1) is 20.0. The molecule has 1 atom stereocenters. The first-order valence-electron chi connectivity index (χ1n) is 13.9. The second kappa shape index (κ2) is 13.1. The van der Waals surface area contributed by atoms with Crippen LogP contribution in [0, 0.1) is 0 Å². The molecule has 2 heterocycles. The Morgan fingerprint density at radius 1 is 1.02 bits per heavy atom. The van der Waals surface area contributed by atoms with Crippen LogP contribution in [0.3, 0.4) is 0 Å². The molecule has 0 amide bonds. The minimum Gasteiger partial charge on any atom is -0.496 e. The number of aromatic nitrogens is 2. The van der Waals surface area contributed by atoms with Crippen molar-refractivity contribution in [2.45, 2.75) is 50.6 Å². The van der Waals surface area contributed by atoms with Crippen molar-refractivity contribution in [3.05, 3.63) is 71.1 Å². The van der Waals surface area contributed by atoms with Crippen LogP contribution in [-0.4, -0.2) is 49.3 Å². The molecule has 0 spiro atoms. The Kier molecular flexibility index (Phi) is 9.16. The quantitative estimate of drug-likeness (QED) is 0.227. The number of rotatable bonds is 10. The summed E-state index contributed by atoms with van der Waals surface area (Å²) in [5, 5.41) is 3.96. The largest absolute Gasteiger partial charge is 0.496 e. The molecule has 0 saturated heterocycles. The number of carbonyl (C=O) groups is 1. The predicted molar refractivity (Wildman–Crippen MR) is 163 cm³/mol. The van der Waals surface area contributed by atoms with Gasteiger partial charge in [0, 0.05) is 19.3 Å². The van der Waals surface area contributed by atoms with Gasteiger partial charge < -0.3 is 24.8 Å². The molecule has 214 valence electrons. The van der Waals surface area contributed by atoms with E-state index in [0.717, 1.165) is 46.6 Å². The van der Waals surface area contributed by atoms with E-state index in [2.05, 4.69) is 9.88 Å². The maximum atomic E-state index is 13.2. The number of nitrogens with zero attached hydrogens (tertiary/aromatic N) is 3. The molecule has 0 radical (unpaired) electrons. The van der Waals surface area contributed by atoms with Crippen molar-refractivity contribution in [1.82, 2.24) is 9.97 Å². The highest BCUT2D eigenvalue weighted by Gasteiger charge is 2.24. The number of hydrogen-bond acceptors (Lipinski definition) is 9. The maximum absolute atomic E-state index is 13.2. The lowest BCUT2D eigenvalue weighted by molar-refractivity contribution is -0.136. The van der Waals surface area contributed by atoms with Crippen LogP contribution in [0.1, 0.15) is 37.7 Å². The lowest BCUT2D eigenvalue weighted by Crippen LogP contribution is -2.37. The van der Waals surface area contributed by atoms with Gasteiger partial charge in [0.05, 0.1) is 25.3 Å². The average Bonchev–Trinajstić information content (AvgIpc) is 3.56. The number of esters is 1. The molecule has 4 aromatic rings. The third kappa shape index (κ3) is 6.52.